The Hall–Kier alpha value is -3.75. The van der Waals surface area contributed by atoms with Crippen LogP contribution >= 0.6 is 11.6 Å². The van der Waals surface area contributed by atoms with Gasteiger partial charge in [0.25, 0.3) is 5.91 Å². The fraction of sp³-hybridized carbons (Fsp3) is 0.160. The molecule has 2 aromatic heterocycles. The van der Waals surface area contributed by atoms with Crippen LogP contribution in [0.25, 0.3) is 22.4 Å². The highest BCUT2D eigenvalue weighted by atomic mass is 35.5. The van der Waals surface area contributed by atoms with Gasteiger partial charge in [0, 0.05) is 36.1 Å². The second kappa shape index (κ2) is 9.62. The molecule has 2 aromatic carbocycles. The van der Waals surface area contributed by atoms with Crippen molar-refractivity contribution in [1.82, 2.24) is 19.9 Å². The Bertz CT molecular complexity index is 1330. The van der Waals surface area contributed by atoms with Gasteiger partial charge in [-0.2, -0.15) is 0 Å². The van der Waals surface area contributed by atoms with Crippen LogP contribution in [0.1, 0.15) is 29.1 Å². The molecule has 0 aliphatic heterocycles. The Kier molecular flexibility index (Phi) is 6.63. The maximum Gasteiger partial charge on any atom is 0.270 e. The number of hydrogen-bond acceptors (Lipinski definition) is 5. The molecule has 0 fully saturated rings. The van der Waals surface area contributed by atoms with Crippen molar-refractivity contribution >= 4 is 23.5 Å². The normalized spacial score (nSPS) is 12.9. The topological polar surface area (TPSA) is 108 Å². The summed E-state index contributed by atoms with van der Waals surface area (Å²) in [7, 11) is 1.62. The SMILES string of the molecule is CC(C(O)c1ccccc1)N(C)C(=O)c1cc(-c2nc(N)ncc2-c2cccc(Cl)c2F)c[nH]1. The van der Waals surface area contributed by atoms with E-state index in [1.165, 1.54) is 17.2 Å². The van der Waals surface area contributed by atoms with E-state index in [-0.39, 0.29) is 28.1 Å². The highest BCUT2D eigenvalue weighted by Crippen LogP contribution is 2.34. The lowest BCUT2D eigenvalue weighted by atomic mass is 10.0. The number of likely N-dealkylation sites (N-methyl/N-ethyl adjacent to an activating group) is 1. The van der Waals surface area contributed by atoms with Crippen molar-refractivity contribution in [3.63, 3.8) is 0 Å². The van der Waals surface area contributed by atoms with Crippen LogP contribution in [0.4, 0.5) is 10.3 Å². The largest absolute Gasteiger partial charge is 0.386 e. The van der Waals surface area contributed by atoms with Crippen LogP contribution in [-0.2, 0) is 0 Å². The first-order valence-electron chi connectivity index (χ1n) is 10.5. The Morgan fingerprint density at radius 3 is 2.65 bits per heavy atom. The molecule has 0 aliphatic carbocycles. The number of aliphatic hydroxyl groups is 1. The maximum absolute atomic E-state index is 14.7. The molecular weight excluding hydrogens is 457 g/mol. The summed E-state index contributed by atoms with van der Waals surface area (Å²) in [5, 5.41) is 10.7. The average Bonchev–Trinajstić information content (AvgIpc) is 3.35. The van der Waals surface area contributed by atoms with Crippen molar-refractivity contribution in [2.24, 2.45) is 0 Å². The van der Waals surface area contributed by atoms with Crippen LogP contribution in [0.3, 0.4) is 0 Å². The summed E-state index contributed by atoms with van der Waals surface area (Å²) in [5.74, 6) is -0.924. The van der Waals surface area contributed by atoms with Gasteiger partial charge in [0.05, 0.1) is 22.9 Å². The van der Waals surface area contributed by atoms with Crippen LogP contribution in [0.2, 0.25) is 5.02 Å². The number of carbonyl (C=O) groups excluding carboxylic acids is 1. The molecule has 4 aromatic rings. The number of nitrogens with one attached hydrogen (secondary N) is 1. The number of hydrogen-bond donors (Lipinski definition) is 3. The first-order chi connectivity index (χ1) is 16.3. The van der Waals surface area contributed by atoms with Crippen molar-refractivity contribution in [2.45, 2.75) is 19.1 Å². The molecule has 0 saturated carbocycles. The molecule has 7 nitrogen and oxygen atoms in total. The highest BCUT2D eigenvalue weighted by molar-refractivity contribution is 6.31. The van der Waals surface area contributed by atoms with Crippen molar-refractivity contribution in [2.75, 3.05) is 12.8 Å². The number of aromatic nitrogens is 3. The van der Waals surface area contributed by atoms with E-state index in [4.69, 9.17) is 17.3 Å². The summed E-state index contributed by atoms with van der Waals surface area (Å²) >= 11 is 5.96. The van der Waals surface area contributed by atoms with Crippen LogP contribution in [0.5, 0.6) is 0 Å². The van der Waals surface area contributed by atoms with Gasteiger partial charge in [0.1, 0.15) is 11.5 Å². The van der Waals surface area contributed by atoms with Gasteiger partial charge in [-0.1, -0.05) is 54.1 Å². The van der Waals surface area contributed by atoms with E-state index in [0.717, 1.165) is 0 Å². The van der Waals surface area contributed by atoms with E-state index < -0.39 is 18.0 Å². The number of carbonyl (C=O) groups is 1. The quantitative estimate of drug-likeness (QED) is 0.371. The van der Waals surface area contributed by atoms with Gasteiger partial charge < -0.3 is 20.7 Å². The third-order valence-corrected chi connectivity index (χ3v) is 6.06. The molecule has 174 valence electrons. The molecule has 0 aliphatic rings. The number of nitrogens with two attached hydrogens (primary N) is 1. The number of halogens is 2. The molecule has 0 radical (unpaired) electrons. The Labute approximate surface area is 201 Å². The first-order valence-corrected chi connectivity index (χ1v) is 10.9. The zero-order valence-electron chi connectivity index (χ0n) is 18.5. The van der Waals surface area contributed by atoms with Gasteiger partial charge in [-0.25, -0.2) is 14.4 Å². The van der Waals surface area contributed by atoms with Gasteiger partial charge in [0.2, 0.25) is 5.95 Å². The number of nitrogens with zero attached hydrogens (tertiary/aromatic N) is 3. The predicted molar refractivity (Wildman–Crippen MR) is 130 cm³/mol. The lowest BCUT2D eigenvalue weighted by molar-refractivity contribution is 0.0482. The van der Waals surface area contributed by atoms with Gasteiger partial charge in [-0.15, -0.1) is 0 Å². The van der Waals surface area contributed by atoms with Crippen molar-refractivity contribution in [3.8, 4) is 22.4 Å². The number of nitrogen functional groups attached to an aromatic ring is 1. The lowest BCUT2D eigenvalue weighted by Crippen LogP contribution is -2.39. The lowest BCUT2D eigenvalue weighted by Gasteiger charge is -2.29. The second-order valence-electron chi connectivity index (χ2n) is 7.91. The predicted octanol–water partition coefficient (Wildman–Crippen LogP) is 4.71. The third kappa shape index (κ3) is 4.50. The zero-order valence-corrected chi connectivity index (χ0v) is 19.3. The molecule has 4 rings (SSSR count). The molecule has 9 heteroatoms. The molecule has 2 atom stereocenters. The molecule has 0 spiro atoms. The Balaban J connectivity index is 1.64. The Morgan fingerprint density at radius 1 is 1.18 bits per heavy atom. The van der Waals surface area contributed by atoms with Crippen LogP contribution < -0.4 is 5.73 Å². The number of H-pyrrole nitrogens is 1. The molecule has 34 heavy (non-hydrogen) atoms. The highest BCUT2D eigenvalue weighted by Gasteiger charge is 2.26. The van der Waals surface area contributed by atoms with E-state index in [2.05, 4.69) is 15.0 Å². The molecular formula is C25H23ClFN5O2. The van der Waals surface area contributed by atoms with Gasteiger partial charge in [-0.3, -0.25) is 4.79 Å². The van der Waals surface area contributed by atoms with Crippen molar-refractivity contribution in [1.29, 1.82) is 0 Å². The molecule has 4 N–H and O–H groups in total. The standard InChI is InChI=1S/C25H23ClFN5O2/c1-14(23(33)15-7-4-3-5-8-15)32(2)24(34)20-11-16(12-29-20)22-18(13-30-25(28)31-22)17-9-6-10-19(26)21(17)27/h3-14,23,29,33H,1-2H3,(H2,28,30,31). The van der Waals surface area contributed by atoms with E-state index in [1.54, 1.807) is 38.4 Å². The van der Waals surface area contributed by atoms with Crippen molar-refractivity contribution in [3.05, 3.63) is 89.1 Å². The zero-order chi connectivity index (χ0) is 24.4. The Morgan fingerprint density at radius 2 is 1.91 bits per heavy atom. The second-order valence-corrected chi connectivity index (χ2v) is 8.31. The van der Waals surface area contributed by atoms with E-state index in [1.807, 2.05) is 30.3 Å². The summed E-state index contributed by atoms with van der Waals surface area (Å²) in [4.78, 5) is 25.8. The van der Waals surface area contributed by atoms with Crippen LogP contribution in [-0.4, -0.2) is 44.0 Å². The molecule has 0 bridgehead atoms. The van der Waals surface area contributed by atoms with Crippen LogP contribution in [0.15, 0.2) is 67.0 Å². The maximum atomic E-state index is 14.7. The first kappa shape index (κ1) is 23.4. The number of aromatic amines is 1. The summed E-state index contributed by atoms with van der Waals surface area (Å²) < 4.78 is 14.7. The number of amides is 1. The number of aliphatic hydroxyl groups excluding tert-OH is 1. The van der Waals surface area contributed by atoms with Gasteiger partial charge in [0.15, 0.2) is 0 Å². The number of rotatable bonds is 6. The monoisotopic (exact) mass is 479 g/mol. The molecule has 0 saturated heterocycles. The fourth-order valence-corrected chi connectivity index (χ4v) is 3.87. The van der Waals surface area contributed by atoms with E-state index in [0.29, 0.717) is 22.4 Å². The number of benzene rings is 2. The summed E-state index contributed by atoms with van der Waals surface area (Å²) in [6, 6.07) is 14.9. The van der Waals surface area contributed by atoms with Gasteiger partial charge in [-0.05, 0) is 24.6 Å². The van der Waals surface area contributed by atoms with Crippen LogP contribution in [0, 0.1) is 5.82 Å². The molecule has 2 heterocycles. The minimum absolute atomic E-state index is 0.00647. The van der Waals surface area contributed by atoms with Gasteiger partial charge >= 0.3 is 0 Å². The molecule has 2 unspecified atom stereocenters. The smallest absolute Gasteiger partial charge is 0.270 e. The summed E-state index contributed by atoms with van der Waals surface area (Å²) in [6.07, 6.45) is 2.15. The summed E-state index contributed by atoms with van der Waals surface area (Å²) in [5.41, 5.74) is 8.26. The summed E-state index contributed by atoms with van der Waals surface area (Å²) in [6.45, 7) is 1.77. The third-order valence-electron chi connectivity index (χ3n) is 5.77. The van der Waals surface area contributed by atoms with E-state index in [9.17, 15) is 14.3 Å². The minimum atomic E-state index is -0.858. The van der Waals surface area contributed by atoms with E-state index >= 15 is 0 Å². The number of anilines is 1. The molecule has 1 amide bonds. The fourth-order valence-electron chi connectivity index (χ4n) is 3.69. The average molecular weight is 480 g/mol. The van der Waals surface area contributed by atoms with Crippen molar-refractivity contribution < 1.29 is 14.3 Å². The minimum Gasteiger partial charge on any atom is -0.386 e.